The van der Waals surface area contributed by atoms with Crippen molar-refractivity contribution in [2.45, 2.75) is 9.92 Å². The van der Waals surface area contributed by atoms with Crippen LogP contribution in [0, 0.1) is 11.6 Å². The van der Waals surface area contributed by atoms with E-state index in [0.29, 0.717) is 16.2 Å². The Bertz CT molecular complexity index is 735. The molecule has 0 amide bonds. The van der Waals surface area contributed by atoms with Crippen LogP contribution in [0.1, 0.15) is 0 Å². The van der Waals surface area contributed by atoms with Crippen LogP contribution in [0.25, 0.3) is 11.2 Å². The fourth-order valence-electron chi connectivity index (χ4n) is 1.59. The van der Waals surface area contributed by atoms with Crippen molar-refractivity contribution >= 4 is 28.6 Å². The van der Waals surface area contributed by atoms with Gasteiger partial charge in [0, 0.05) is 5.69 Å². The highest BCUT2D eigenvalue weighted by atomic mass is 32.2. The average Bonchev–Trinajstić information content (AvgIpc) is 2.82. The van der Waals surface area contributed by atoms with Crippen molar-refractivity contribution in [1.29, 1.82) is 0 Å². The van der Waals surface area contributed by atoms with Crippen LogP contribution in [-0.2, 0) is 0 Å². The predicted molar refractivity (Wildman–Crippen MR) is 66.6 cm³/mol. The van der Waals surface area contributed by atoms with Crippen LogP contribution in [0.4, 0.5) is 14.5 Å². The summed E-state index contributed by atoms with van der Waals surface area (Å²) in [6.07, 6.45) is 2.73. The number of fused-ring (bicyclic) bond motifs is 1. The molecule has 0 atom stereocenters. The largest absolute Gasteiger partial charge is 0.399 e. The third kappa shape index (κ3) is 2.10. The normalized spacial score (nSPS) is 11.1. The molecule has 0 fully saturated rings. The van der Waals surface area contributed by atoms with Crippen LogP contribution >= 0.6 is 11.8 Å². The topological polar surface area (TPSA) is 80.5 Å². The first-order valence-corrected chi connectivity index (χ1v) is 6.03. The van der Waals surface area contributed by atoms with Gasteiger partial charge in [0.15, 0.2) is 5.65 Å². The number of benzene rings is 1. The van der Waals surface area contributed by atoms with E-state index in [0.717, 1.165) is 23.9 Å². The minimum Gasteiger partial charge on any atom is -0.399 e. The molecule has 0 saturated carbocycles. The van der Waals surface area contributed by atoms with Crippen LogP contribution in [-0.4, -0.2) is 19.9 Å². The molecular weight excluding hydrogens is 272 g/mol. The van der Waals surface area contributed by atoms with Crippen molar-refractivity contribution in [3.8, 4) is 0 Å². The number of hydrogen-bond donors (Lipinski definition) is 2. The number of rotatable bonds is 2. The molecule has 8 heteroatoms. The highest BCUT2D eigenvalue weighted by Gasteiger charge is 2.15. The Morgan fingerprint density at radius 3 is 2.58 bits per heavy atom. The quantitative estimate of drug-likeness (QED) is 0.556. The zero-order valence-electron chi connectivity index (χ0n) is 9.39. The molecule has 2 aromatic heterocycles. The van der Waals surface area contributed by atoms with Crippen LogP contribution in [0.3, 0.4) is 0 Å². The molecule has 3 N–H and O–H groups in total. The maximum absolute atomic E-state index is 13.7. The summed E-state index contributed by atoms with van der Waals surface area (Å²) in [5, 5.41) is 0.394. The molecule has 3 rings (SSSR count). The fraction of sp³-hybridized carbons (Fsp3) is 0. The molecule has 96 valence electrons. The fourth-order valence-corrected chi connectivity index (χ4v) is 2.45. The van der Waals surface area contributed by atoms with E-state index in [-0.39, 0.29) is 10.6 Å². The van der Waals surface area contributed by atoms with Crippen LogP contribution < -0.4 is 5.73 Å². The van der Waals surface area contributed by atoms with E-state index in [1.165, 1.54) is 12.7 Å². The summed E-state index contributed by atoms with van der Waals surface area (Å²) in [4.78, 5) is 14.5. The van der Waals surface area contributed by atoms with E-state index >= 15 is 0 Å². The Hall–Kier alpha value is -2.22. The van der Waals surface area contributed by atoms with E-state index in [1.807, 2.05) is 0 Å². The predicted octanol–water partition coefficient (Wildman–Crippen LogP) is 2.36. The van der Waals surface area contributed by atoms with Crippen molar-refractivity contribution in [1.82, 2.24) is 19.9 Å². The molecule has 0 bridgehead atoms. The van der Waals surface area contributed by atoms with Crippen molar-refractivity contribution in [2.75, 3.05) is 5.73 Å². The molecular formula is C11H7F2N5S. The Morgan fingerprint density at radius 2 is 1.84 bits per heavy atom. The number of nitrogens with one attached hydrogen (secondary N) is 1. The molecule has 19 heavy (non-hydrogen) atoms. The van der Waals surface area contributed by atoms with Gasteiger partial charge in [-0.05, 0) is 12.1 Å². The summed E-state index contributed by atoms with van der Waals surface area (Å²) >= 11 is 0.856. The number of imidazole rings is 1. The number of nitrogens with two attached hydrogens (primary N) is 1. The third-order valence-electron chi connectivity index (χ3n) is 2.41. The monoisotopic (exact) mass is 279 g/mol. The van der Waals surface area contributed by atoms with Gasteiger partial charge in [-0.1, -0.05) is 11.8 Å². The number of nitrogens with zero attached hydrogens (tertiary/aromatic N) is 3. The minimum absolute atomic E-state index is 0.0359. The molecule has 5 nitrogen and oxygen atoms in total. The first kappa shape index (κ1) is 11.8. The molecule has 0 aliphatic carbocycles. The van der Waals surface area contributed by atoms with Gasteiger partial charge < -0.3 is 10.7 Å². The highest BCUT2D eigenvalue weighted by molar-refractivity contribution is 7.99. The Labute approximate surface area is 110 Å². The summed E-state index contributed by atoms with van der Waals surface area (Å²) in [6, 6.07) is 2.13. The van der Waals surface area contributed by atoms with E-state index in [1.54, 1.807) is 0 Å². The Kier molecular flexibility index (Phi) is 2.79. The molecule has 0 saturated heterocycles. The molecule has 1 aromatic carbocycles. The zero-order chi connectivity index (χ0) is 13.4. The van der Waals surface area contributed by atoms with E-state index in [2.05, 4.69) is 19.9 Å². The maximum atomic E-state index is 13.7. The molecule has 0 unspecified atom stereocenters. The van der Waals surface area contributed by atoms with Gasteiger partial charge in [-0.2, -0.15) is 0 Å². The summed E-state index contributed by atoms with van der Waals surface area (Å²) in [6.45, 7) is 0. The number of aromatic nitrogens is 4. The van der Waals surface area contributed by atoms with E-state index in [9.17, 15) is 8.78 Å². The molecule has 3 aromatic rings. The zero-order valence-corrected chi connectivity index (χ0v) is 10.2. The second kappa shape index (κ2) is 4.47. The standard InChI is InChI=1S/C11H7F2N5S/c12-6-1-5(14)2-7(13)9(6)19-11-8-10(16-3-15-8)17-4-18-11/h1-4H,14H2,(H,15,16,17,18). The number of aromatic amines is 1. The molecule has 0 aliphatic heterocycles. The first-order valence-electron chi connectivity index (χ1n) is 5.21. The number of halogens is 2. The summed E-state index contributed by atoms with van der Waals surface area (Å²) in [5.74, 6) is -1.46. The van der Waals surface area contributed by atoms with Crippen molar-refractivity contribution in [2.24, 2.45) is 0 Å². The van der Waals surface area contributed by atoms with Crippen LogP contribution in [0.5, 0.6) is 0 Å². The molecule has 0 aliphatic rings. The molecule has 0 spiro atoms. The second-order valence-corrected chi connectivity index (χ2v) is 4.69. The number of hydrogen-bond acceptors (Lipinski definition) is 5. The van der Waals surface area contributed by atoms with E-state index in [4.69, 9.17) is 5.73 Å². The van der Waals surface area contributed by atoms with Gasteiger partial charge in [-0.3, -0.25) is 0 Å². The summed E-state index contributed by atoms with van der Waals surface area (Å²) in [7, 11) is 0. The molecule has 0 radical (unpaired) electrons. The van der Waals surface area contributed by atoms with Gasteiger partial charge in [0.2, 0.25) is 0 Å². The van der Waals surface area contributed by atoms with Crippen LogP contribution in [0.15, 0.2) is 34.7 Å². The Balaban J connectivity index is 2.09. The lowest BCUT2D eigenvalue weighted by Crippen LogP contribution is -1.94. The van der Waals surface area contributed by atoms with E-state index < -0.39 is 11.6 Å². The Morgan fingerprint density at radius 1 is 1.11 bits per heavy atom. The second-order valence-electron chi connectivity index (χ2n) is 3.70. The lowest BCUT2D eigenvalue weighted by atomic mass is 10.3. The van der Waals surface area contributed by atoms with Gasteiger partial charge in [0.05, 0.1) is 11.2 Å². The summed E-state index contributed by atoms with van der Waals surface area (Å²) < 4.78 is 27.4. The maximum Gasteiger partial charge on any atom is 0.181 e. The lowest BCUT2D eigenvalue weighted by molar-refractivity contribution is 0.541. The number of H-pyrrole nitrogens is 1. The SMILES string of the molecule is Nc1cc(F)c(Sc2ncnc3nc[nH]c23)c(F)c1. The average molecular weight is 279 g/mol. The minimum atomic E-state index is -0.728. The van der Waals surface area contributed by atoms with Crippen LogP contribution in [0.2, 0.25) is 0 Å². The number of anilines is 1. The smallest absolute Gasteiger partial charge is 0.181 e. The summed E-state index contributed by atoms with van der Waals surface area (Å²) in [5.41, 5.74) is 6.37. The van der Waals surface area contributed by atoms with Gasteiger partial charge in [0.1, 0.15) is 28.5 Å². The highest BCUT2D eigenvalue weighted by Crippen LogP contribution is 2.34. The van der Waals surface area contributed by atoms with Gasteiger partial charge in [-0.25, -0.2) is 23.7 Å². The van der Waals surface area contributed by atoms with Gasteiger partial charge in [-0.15, -0.1) is 0 Å². The van der Waals surface area contributed by atoms with Gasteiger partial charge >= 0.3 is 0 Å². The lowest BCUT2D eigenvalue weighted by Gasteiger charge is -2.05. The van der Waals surface area contributed by atoms with Gasteiger partial charge in [0.25, 0.3) is 0 Å². The first-order chi connectivity index (χ1) is 9.15. The molecule has 2 heterocycles. The van der Waals surface area contributed by atoms with Crippen molar-refractivity contribution in [3.63, 3.8) is 0 Å². The number of nitrogen functional groups attached to an aromatic ring is 1. The van der Waals surface area contributed by atoms with Crippen molar-refractivity contribution < 1.29 is 8.78 Å². The third-order valence-corrected chi connectivity index (χ3v) is 3.50. The van der Waals surface area contributed by atoms with Crippen molar-refractivity contribution in [3.05, 3.63) is 36.4 Å².